The third kappa shape index (κ3) is 3.78. The molecule has 0 aliphatic carbocycles. The highest BCUT2D eigenvalue weighted by molar-refractivity contribution is 6.30. The third-order valence-electron chi connectivity index (χ3n) is 3.50. The number of rotatable bonds is 7. The molecule has 1 aromatic heterocycles. The van der Waals surface area contributed by atoms with Crippen LogP contribution in [-0.4, -0.2) is 28.2 Å². The lowest BCUT2D eigenvalue weighted by Gasteiger charge is -2.29. The second-order valence-corrected chi connectivity index (χ2v) is 4.93. The van der Waals surface area contributed by atoms with Crippen molar-refractivity contribution in [2.24, 2.45) is 5.41 Å². The number of halogens is 1. The van der Waals surface area contributed by atoms with Crippen LogP contribution < -0.4 is 5.32 Å². The molecular weight excluding hydrogens is 270 g/mol. The van der Waals surface area contributed by atoms with Crippen molar-refractivity contribution >= 4 is 23.1 Å². The zero-order valence-corrected chi connectivity index (χ0v) is 11.8. The lowest BCUT2D eigenvalue weighted by molar-refractivity contribution is -0.384. The minimum atomic E-state index is -0.528. The van der Waals surface area contributed by atoms with Gasteiger partial charge in [0.1, 0.15) is 0 Å². The summed E-state index contributed by atoms with van der Waals surface area (Å²) in [5, 5.41) is 23.5. The average Bonchev–Trinajstić information content (AvgIpc) is 2.42. The minimum absolute atomic E-state index is 0.0222. The number of pyridine rings is 1. The monoisotopic (exact) mass is 287 g/mol. The van der Waals surface area contributed by atoms with Crippen LogP contribution in [0.4, 0.5) is 11.5 Å². The summed E-state index contributed by atoms with van der Waals surface area (Å²) in [6, 6.07) is 1.26. The number of anilines is 1. The molecule has 1 heterocycles. The smallest absolute Gasteiger partial charge is 0.312 e. The zero-order chi connectivity index (χ0) is 14.5. The normalized spacial score (nSPS) is 11.4. The molecule has 0 amide bonds. The first-order chi connectivity index (χ1) is 8.98. The van der Waals surface area contributed by atoms with Crippen LogP contribution in [0.25, 0.3) is 0 Å². The van der Waals surface area contributed by atoms with E-state index in [1.165, 1.54) is 12.3 Å². The second-order valence-electron chi connectivity index (χ2n) is 4.50. The number of aliphatic hydroxyl groups excluding tert-OH is 1. The van der Waals surface area contributed by atoms with Crippen LogP contribution in [0.2, 0.25) is 5.02 Å². The molecule has 0 aromatic carbocycles. The first-order valence-electron chi connectivity index (χ1n) is 6.12. The van der Waals surface area contributed by atoms with Crippen LogP contribution in [0.1, 0.15) is 26.7 Å². The Balaban J connectivity index is 2.91. The summed E-state index contributed by atoms with van der Waals surface area (Å²) in [4.78, 5) is 14.3. The van der Waals surface area contributed by atoms with Gasteiger partial charge in [0, 0.05) is 24.2 Å². The molecule has 0 radical (unpaired) electrons. The molecule has 0 spiro atoms. The Morgan fingerprint density at radius 3 is 2.63 bits per heavy atom. The number of nitrogens with zero attached hydrogens (tertiary/aromatic N) is 2. The Morgan fingerprint density at radius 2 is 2.16 bits per heavy atom. The fourth-order valence-corrected chi connectivity index (χ4v) is 1.91. The van der Waals surface area contributed by atoms with Crippen LogP contribution in [0, 0.1) is 15.5 Å². The molecule has 0 saturated heterocycles. The maximum absolute atomic E-state index is 10.9. The molecule has 19 heavy (non-hydrogen) atoms. The van der Waals surface area contributed by atoms with E-state index in [9.17, 15) is 15.2 Å². The number of hydrogen-bond acceptors (Lipinski definition) is 5. The maximum Gasteiger partial charge on any atom is 0.312 e. The Hall–Kier alpha value is -1.40. The van der Waals surface area contributed by atoms with Crippen LogP contribution in [0.15, 0.2) is 12.3 Å². The highest BCUT2D eigenvalue weighted by Gasteiger charge is 2.26. The summed E-state index contributed by atoms with van der Waals surface area (Å²) in [5.41, 5.74) is -0.457. The van der Waals surface area contributed by atoms with E-state index in [0.29, 0.717) is 6.54 Å². The standard InChI is InChI=1S/C12H18ClN3O3/c1-3-12(4-2,8-17)7-15-11-10(16(18)19)5-9(13)6-14-11/h5-6,17H,3-4,7-8H2,1-2H3,(H,14,15). The molecule has 0 fully saturated rings. The summed E-state index contributed by atoms with van der Waals surface area (Å²) in [5.74, 6) is 0.175. The molecule has 0 aliphatic heterocycles. The predicted octanol–water partition coefficient (Wildman–Crippen LogP) is 2.85. The van der Waals surface area contributed by atoms with Crippen molar-refractivity contribution in [1.82, 2.24) is 4.98 Å². The van der Waals surface area contributed by atoms with Crippen molar-refractivity contribution in [2.75, 3.05) is 18.5 Å². The highest BCUT2D eigenvalue weighted by atomic mass is 35.5. The van der Waals surface area contributed by atoms with E-state index in [1.54, 1.807) is 0 Å². The first-order valence-corrected chi connectivity index (χ1v) is 6.50. The van der Waals surface area contributed by atoms with Crippen LogP contribution >= 0.6 is 11.6 Å². The summed E-state index contributed by atoms with van der Waals surface area (Å²) in [6.07, 6.45) is 2.90. The lowest BCUT2D eigenvalue weighted by atomic mass is 9.83. The molecule has 7 heteroatoms. The molecule has 0 atom stereocenters. The van der Waals surface area contributed by atoms with E-state index in [1.807, 2.05) is 13.8 Å². The van der Waals surface area contributed by atoms with Gasteiger partial charge >= 0.3 is 5.69 Å². The Kier molecular flexibility index (Phi) is 5.50. The molecule has 0 saturated carbocycles. The molecule has 0 bridgehead atoms. The van der Waals surface area contributed by atoms with Crippen LogP contribution in [0.3, 0.4) is 0 Å². The molecule has 0 unspecified atom stereocenters. The van der Waals surface area contributed by atoms with Gasteiger partial charge in [-0.15, -0.1) is 0 Å². The van der Waals surface area contributed by atoms with E-state index in [0.717, 1.165) is 12.8 Å². The highest BCUT2D eigenvalue weighted by Crippen LogP contribution is 2.29. The average molecular weight is 288 g/mol. The van der Waals surface area contributed by atoms with Gasteiger partial charge in [0.15, 0.2) is 0 Å². The number of aliphatic hydroxyl groups is 1. The van der Waals surface area contributed by atoms with Crippen molar-refractivity contribution < 1.29 is 10.0 Å². The van der Waals surface area contributed by atoms with Crippen molar-refractivity contribution in [2.45, 2.75) is 26.7 Å². The molecule has 1 rings (SSSR count). The van der Waals surface area contributed by atoms with Gasteiger partial charge in [-0.25, -0.2) is 4.98 Å². The van der Waals surface area contributed by atoms with Crippen molar-refractivity contribution in [3.05, 3.63) is 27.4 Å². The van der Waals surface area contributed by atoms with Gasteiger partial charge < -0.3 is 10.4 Å². The fourth-order valence-electron chi connectivity index (χ4n) is 1.75. The van der Waals surface area contributed by atoms with Crippen molar-refractivity contribution in [3.63, 3.8) is 0 Å². The molecular formula is C12H18ClN3O3. The van der Waals surface area contributed by atoms with Crippen molar-refractivity contribution in [3.8, 4) is 0 Å². The van der Waals surface area contributed by atoms with Crippen LogP contribution in [0.5, 0.6) is 0 Å². The number of hydrogen-bond donors (Lipinski definition) is 2. The van der Waals surface area contributed by atoms with E-state index in [-0.39, 0.29) is 28.5 Å². The second kappa shape index (κ2) is 6.68. The van der Waals surface area contributed by atoms with Gasteiger partial charge in [-0.3, -0.25) is 10.1 Å². The minimum Gasteiger partial charge on any atom is -0.396 e. The Bertz CT molecular complexity index is 442. The summed E-state index contributed by atoms with van der Waals surface area (Å²) in [7, 11) is 0. The van der Waals surface area contributed by atoms with Crippen molar-refractivity contribution in [1.29, 1.82) is 0 Å². The summed E-state index contributed by atoms with van der Waals surface area (Å²) >= 11 is 5.70. The maximum atomic E-state index is 10.9. The Morgan fingerprint density at radius 1 is 1.53 bits per heavy atom. The van der Waals surface area contributed by atoms with Gasteiger partial charge in [0.05, 0.1) is 16.6 Å². The van der Waals surface area contributed by atoms with E-state index < -0.39 is 4.92 Å². The third-order valence-corrected chi connectivity index (χ3v) is 3.70. The molecule has 0 aliphatic rings. The van der Waals surface area contributed by atoms with Crippen LogP contribution in [-0.2, 0) is 0 Å². The summed E-state index contributed by atoms with van der Waals surface area (Å²) < 4.78 is 0. The van der Waals surface area contributed by atoms with Gasteiger partial charge in [0.25, 0.3) is 0 Å². The number of aromatic nitrogens is 1. The molecule has 2 N–H and O–H groups in total. The predicted molar refractivity (Wildman–Crippen MR) is 74.5 cm³/mol. The SMILES string of the molecule is CCC(CC)(CO)CNc1ncc(Cl)cc1[N+](=O)[O-]. The van der Waals surface area contributed by atoms with Gasteiger partial charge in [-0.05, 0) is 12.8 Å². The van der Waals surface area contributed by atoms with Gasteiger partial charge in [0.2, 0.25) is 5.82 Å². The topological polar surface area (TPSA) is 88.3 Å². The number of nitrogens with one attached hydrogen (secondary N) is 1. The molecule has 1 aromatic rings. The van der Waals surface area contributed by atoms with Gasteiger partial charge in [-0.2, -0.15) is 0 Å². The quantitative estimate of drug-likeness (QED) is 0.594. The number of nitro groups is 1. The Labute approximate surface area is 117 Å². The molecule has 6 nitrogen and oxygen atoms in total. The lowest BCUT2D eigenvalue weighted by Crippen LogP contribution is -2.32. The van der Waals surface area contributed by atoms with Gasteiger partial charge in [-0.1, -0.05) is 25.4 Å². The zero-order valence-electron chi connectivity index (χ0n) is 11.0. The van der Waals surface area contributed by atoms with E-state index >= 15 is 0 Å². The van der Waals surface area contributed by atoms with E-state index in [4.69, 9.17) is 11.6 Å². The first kappa shape index (κ1) is 15.7. The molecule has 106 valence electrons. The fraction of sp³-hybridized carbons (Fsp3) is 0.583. The van der Waals surface area contributed by atoms with E-state index in [2.05, 4.69) is 10.3 Å². The summed E-state index contributed by atoms with van der Waals surface area (Å²) in [6.45, 7) is 4.40. The largest absolute Gasteiger partial charge is 0.396 e.